The number of para-hydroxylation sites is 1. The highest BCUT2D eigenvalue weighted by Crippen LogP contribution is 2.46. The molecule has 5 aromatic rings. The first-order valence-electron chi connectivity index (χ1n) is 10.5. The van der Waals surface area contributed by atoms with Crippen LogP contribution in [0.1, 0.15) is 0 Å². The first-order valence-corrected chi connectivity index (χ1v) is 11.4. The molecule has 0 aliphatic carbocycles. The first-order chi connectivity index (χ1) is 16.9. The molecule has 0 amide bonds. The molecule has 1 aliphatic rings. The van der Waals surface area contributed by atoms with Crippen LogP contribution in [-0.2, 0) is 0 Å². The Bertz CT molecular complexity index is 1340. The summed E-state index contributed by atoms with van der Waals surface area (Å²) in [5.74, 6) is 1.80. The van der Waals surface area contributed by atoms with Gasteiger partial charge >= 0.3 is 5.13 Å². The summed E-state index contributed by atoms with van der Waals surface area (Å²) >= 11 is 1.56. The van der Waals surface area contributed by atoms with Crippen molar-refractivity contribution in [1.29, 1.82) is 0 Å². The fourth-order valence-corrected chi connectivity index (χ4v) is 4.79. The molecule has 1 saturated heterocycles. The summed E-state index contributed by atoms with van der Waals surface area (Å²) in [6, 6.07) is 17.8. The van der Waals surface area contributed by atoms with E-state index in [4.69, 9.17) is 4.98 Å². The standard InChI is InChI=1S/C23H19N10S/c1-2-7-19(8-3-1)33(23-29-15-16-34-23)18-30(20-9-4-5-10-25-20)31(22-27-11-6-12-28-22)32(33)21-17-24-13-14-26-21/h1-17H,18H2/q+1. The third kappa shape index (κ3) is 3.22. The molecule has 0 bridgehead atoms. The average Bonchev–Trinajstić information content (AvgIpc) is 3.58. The van der Waals surface area contributed by atoms with Crippen molar-refractivity contribution in [2.45, 2.75) is 0 Å². The molecule has 1 unspecified atom stereocenters. The number of anilines is 3. The minimum absolute atomic E-state index is 0.187. The van der Waals surface area contributed by atoms with E-state index in [9.17, 15) is 0 Å². The lowest BCUT2D eigenvalue weighted by atomic mass is 10.3. The molecule has 1 atom stereocenters. The molecule has 6 rings (SSSR count). The molecule has 0 N–H and O–H groups in total. The lowest BCUT2D eigenvalue weighted by Crippen LogP contribution is -2.59. The third-order valence-corrected chi connectivity index (χ3v) is 6.26. The smallest absolute Gasteiger partial charge is 0.259 e. The Morgan fingerprint density at radius 2 is 1.50 bits per heavy atom. The van der Waals surface area contributed by atoms with Crippen molar-refractivity contribution in [2.24, 2.45) is 0 Å². The van der Waals surface area contributed by atoms with E-state index in [1.807, 2.05) is 63.2 Å². The van der Waals surface area contributed by atoms with Crippen LogP contribution in [0.2, 0.25) is 0 Å². The molecular formula is C23H19N10S+. The minimum atomic E-state index is 0.187. The lowest BCUT2D eigenvalue weighted by Gasteiger charge is -2.37. The zero-order chi connectivity index (χ0) is 22.8. The van der Waals surface area contributed by atoms with Gasteiger partial charge in [-0.15, -0.1) is 5.12 Å². The normalized spacial score (nSPS) is 17.8. The number of hydrazine groups is 2. The van der Waals surface area contributed by atoms with Gasteiger partial charge < -0.3 is 0 Å². The highest BCUT2D eigenvalue weighted by Gasteiger charge is 2.58. The van der Waals surface area contributed by atoms with Crippen LogP contribution in [0, 0.1) is 0 Å². The van der Waals surface area contributed by atoms with E-state index in [-0.39, 0.29) is 4.59 Å². The Labute approximate surface area is 199 Å². The number of thiazole rings is 1. The summed E-state index contributed by atoms with van der Waals surface area (Å²) in [7, 11) is 0. The van der Waals surface area contributed by atoms with Gasteiger partial charge in [-0.3, -0.25) is 4.98 Å². The highest BCUT2D eigenvalue weighted by molar-refractivity contribution is 7.13. The van der Waals surface area contributed by atoms with E-state index in [1.165, 1.54) is 0 Å². The quantitative estimate of drug-likeness (QED) is 0.356. The Balaban J connectivity index is 1.68. The van der Waals surface area contributed by atoms with E-state index >= 15 is 0 Å². The Morgan fingerprint density at radius 3 is 2.21 bits per heavy atom. The van der Waals surface area contributed by atoms with Gasteiger partial charge in [-0.25, -0.2) is 19.9 Å². The van der Waals surface area contributed by atoms with E-state index in [0.29, 0.717) is 18.4 Å². The molecule has 10 nitrogen and oxygen atoms in total. The number of aromatic nitrogens is 6. The van der Waals surface area contributed by atoms with E-state index < -0.39 is 0 Å². The van der Waals surface area contributed by atoms with E-state index in [1.54, 1.807) is 54.6 Å². The molecule has 34 heavy (non-hydrogen) atoms. The summed E-state index contributed by atoms with van der Waals surface area (Å²) in [4.78, 5) is 27.6. The van der Waals surface area contributed by atoms with Crippen LogP contribution < -0.4 is 19.8 Å². The average molecular weight is 468 g/mol. The van der Waals surface area contributed by atoms with Gasteiger partial charge in [0.1, 0.15) is 0 Å². The molecule has 5 heterocycles. The lowest BCUT2D eigenvalue weighted by molar-refractivity contribution is 0.418. The maximum atomic E-state index is 4.77. The van der Waals surface area contributed by atoms with Gasteiger partial charge in [-0.05, 0) is 18.2 Å². The highest BCUT2D eigenvalue weighted by atomic mass is 32.1. The summed E-state index contributed by atoms with van der Waals surface area (Å²) in [5, 5.41) is 8.74. The van der Waals surface area contributed by atoms with Gasteiger partial charge in [0.25, 0.3) is 5.95 Å². The molecule has 11 heteroatoms. The topological polar surface area (TPSA) is 87.1 Å². The van der Waals surface area contributed by atoms with Gasteiger partial charge in [-0.1, -0.05) is 45.3 Å². The Morgan fingerprint density at radius 1 is 0.706 bits per heavy atom. The van der Waals surface area contributed by atoms with Crippen molar-refractivity contribution >= 4 is 39.7 Å². The largest absolute Gasteiger partial charge is 0.319 e. The van der Waals surface area contributed by atoms with Crippen LogP contribution in [-0.4, -0.2) is 36.6 Å². The third-order valence-electron chi connectivity index (χ3n) is 5.39. The molecule has 1 aromatic carbocycles. The minimum Gasteiger partial charge on any atom is -0.259 e. The van der Waals surface area contributed by atoms with Crippen LogP contribution in [0.4, 0.5) is 28.4 Å². The monoisotopic (exact) mass is 467 g/mol. The molecule has 0 spiro atoms. The zero-order valence-corrected chi connectivity index (χ0v) is 18.7. The molecule has 0 radical (unpaired) electrons. The predicted molar refractivity (Wildman–Crippen MR) is 131 cm³/mol. The molecule has 1 fully saturated rings. The van der Waals surface area contributed by atoms with Crippen molar-refractivity contribution in [1.82, 2.24) is 34.5 Å². The summed E-state index contributed by atoms with van der Waals surface area (Å²) in [5.41, 5.74) is 0.988. The summed E-state index contributed by atoms with van der Waals surface area (Å²) in [6.45, 7) is 0.434. The Hall–Kier alpha value is -4.48. The number of rotatable bonds is 5. The van der Waals surface area contributed by atoms with Gasteiger partial charge in [0, 0.05) is 54.7 Å². The van der Waals surface area contributed by atoms with Crippen molar-refractivity contribution < 1.29 is 0 Å². The van der Waals surface area contributed by atoms with Crippen LogP contribution >= 0.6 is 11.3 Å². The van der Waals surface area contributed by atoms with E-state index in [2.05, 4.69) is 37.1 Å². The molecule has 4 aromatic heterocycles. The van der Waals surface area contributed by atoms with Crippen molar-refractivity contribution in [2.75, 3.05) is 21.9 Å². The molecule has 1 aliphatic heterocycles. The molecule has 0 saturated carbocycles. The Kier molecular flexibility index (Phi) is 5.02. The maximum absolute atomic E-state index is 4.77. The van der Waals surface area contributed by atoms with E-state index in [0.717, 1.165) is 16.6 Å². The van der Waals surface area contributed by atoms with Gasteiger partial charge in [0.15, 0.2) is 11.5 Å². The number of pyridine rings is 1. The second-order valence-corrected chi connectivity index (χ2v) is 8.21. The van der Waals surface area contributed by atoms with Crippen molar-refractivity contribution in [3.8, 4) is 0 Å². The van der Waals surface area contributed by atoms with Gasteiger partial charge in [-0.2, -0.15) is 9.99 Å². The second kappa shape index (κ2) is 8.46. The summed E-state index contributed by atoms with van der Waals surface area (Å²) < 4.78 is 0.187. The molecular weight excluding hydrogens is 448 g/mol. The number of benzene rings is 1. The van der Waals surface area contributed by atoms with Crippen molar-refractivity contribution in [3.05, 3.63) is 103 Å². The van der Waals surface area contributed by atoms with Crippen molar-refractivity contribution in [3.63, 3.8) is 0 Å². The van der Waals surface area contributed by atoms with Crippen LogP contribution in [0.25, 0.3) is 0 Å². The SMILES string of the molecule is c1ccc([N+]2(c3nccs3)CN(c3ccccn3)N(c3ncccn3)N2c2cnccn2)cc1. The fourth-order valence-electron chi connectivity index (χ4n) is 4.01. The first kappa shape index (κ1) is 20.1. The zero-order valence-electron chi connectivity index (χ0n) is 17.9. The second-order valence-electron chi connectivity index (χ2n) is 7.34. The van der Waals surface area contributed by atoms with Crippen LogP contribution in [0.5, 0.6) is 0 Å². The number of quaternary nitrogens is 1. The predicted octanol–water partition coefficient (Wildman–Crippen LogP) is 3.99. The number of hydrogen-bond donors (Lipinski definition) is 0. The maximum Gasteiger partial charge on any atom is 0.319 e. The van der Waals surface area contributed by atoms with Gasteiger partial charge in [0.2, 0.25) is 12.5 Å². The summed E-state index contributed by atoms with van der Waals surface area (Å²) in [6.07, 6.45) is 12.1. The van der Waals surface area contributed by atoms with Crippen LogP contribution in [0.15, 0.2) is 103 Å². The number of hydrogen-bond acceptors (Lipinski definition) is 10. The fraction of sp³-hybridized carbons (Fsp3) is 0.0435. The number of nitrogens with zero attached hydrogens (tertiary/aromatic N) is 10. The van der Waals surface area contributed by atoms with Crippen LogP contribution in [0.3, 0.4) is 0 Å². The van der Waals surface area contributed by atoms with Gasteiger partial charge in [0.05, 0.1) is 6.20 Å². The molecule has 166 valence electrons.